The number of nitrogens with two attached hydrogens (primary N) is 1. The fourth-order valence-corrected chi connectivity index (χ4v) is 1.98. The first-order chi connectivity index (χ1) is 6.95. The van der Waals surface area contributed by atoms with E-state index >= 15 is 0 Å². The van der Waals surface area contributed by atoms with Gasteiger partial charge < -0.3 is 11.1 Å². The molecule has 3 nitrogen and oxygen atoms in total. The standard InChI is InChI=1S/C12H26N2O/c1-5-7-9-12(4,8-6-2)14-10(3)11(13)15/h10,14H,5-9H2,1-4H3,(H2,13,15). The van der Waals surface area contributed by atoms with E-state index in [4.69, 9.17) is 5.73 Å². The maximum atomic E-state index is 11.0. The molecule has 0 aromatic carbocycles. The van der Waals surface area contributed by atoms with E-state index in [9.17, 15) is 4.79 Å². The van der Waals surface area contributed by atoms with E-state index in [0.717, 1.165) is 19.3 Å². The highest BCUT2D eigenvalue weighted by Gasteiger charge is 2.25. The van der Waals surface area contributed by atoms with Crippen molar-refractivity contribution in [2.45, 2.75) is 71.4 Å². The normalized spacial score (nSPS) is 17.1. The van der Waals surface area contributed by atoms with Crippen LogP contribution in [0.15, 0.2) is 0 Å². The van der Waals surface area contributed by atoms with Crippen molar-refractivity contribution in [3.63, 3.8) is 0 Å². The first-order valence-electron chi connectivity index (χ1n) is 6.02. The minimum Gasteiger partial charge on any atom is -0.368 e. The zero-order chi connectivity index (χ0) is 11.9. The van der Waals surface area contributed by atoms with Crippen LogP contribution in [0.25, 0.3) is 0 Å². The van der Waals surface area contributed by atoms with Gasteiger partial charge in [0.15, 0.2) is 0 Å². The number of amides is 1. The summed E-state index contributed by atoms with van der Waals surface area (Å²) >= 11 is 0. The van der Waals surface area contributed by atoms with E-state index in [0.29, 0.717) is 0 Å². The van der Waals surface area contributed by atoms with Crippen molar-refractivity contribution in [1.29, 1.82) is 0 Å². The lowest BCUT2D eigenvalue weighted by Gasteiger charge is -2.33. The number of unbranched alkanes of at least 4 members (excludes halogenated alkanes) is 1. The van der Waals surface area contributed by atoms with Crippen molar-refractivity contribution < 1.29 is 4.79 Å². The second kappa shape index (κ2) is 6.83. The second-order valence-corrected chi connectivity index (χ2v) is 4.68. The predicted octanol–water partition coefficient (Wildman–Crippen LogP) is 2.20. The molecule has 15 heavy (non-hydrogen) atoms. The summed E-state index contributed by atoms with van der Waals surface area (Å²) in [5, 5.41) is 3.35. The number of nitrogens with one attached hydrogen (secondary N) is 1. The molecule has 3 N–H and O–H groups in total. The third kappa shape index (κ3) is 5.78. The van der Waals surface area contributed by atoms with Gasteiger partial charge in [0.05, 0.1) is 6.04 Å². The third-order valence-corrected chi connectivity index (χ3v) is 2.88. The number of rotatable bonds is 8. The van der Waals surface area contributed by atoms with Gasteiger partial charge >= 0.3 is 0 Å². The van der Waals surface area contributed by atoms with Gasteiger partial charge in [-0.1, -0.05) is 33.1 Å². The maximum absolute atomic E-state index is 11.0. The number of carbonyl (C=O) groups excluding carboxylic acids is 1. The SMILES string of the molecule is CCCCC(C)(CCC)NC(C)C(N)=O. The Kier molecular flexibility index (Phi) is 6.57. The second-order valence-electron chi connectivity index (χ2n) is 4.68. The molecule has 0 saturated heterocycles. The molecule has 1 amide bonds. The highest BCUT2D eigenvalue weighted by Crippen LogP contribution is 2.20. The molecule has 0 rings (SSSR count). The van der Waals surface area contributed by atoms with Gasteiger partial charge in [0.1, 0.15) is 0 Å². The van der Waals surface area contributed by atoms with Crippen LogP contribution in [-0.2, 0) is 4.79 Å². The summed E-state index contributed by atoms with van der Waals surface area (Å²) < 4.78 is 0. The van der Waals surface area contributed by atoms with Crippen molar-refractivity contribution in [3.8, 4) is 0 Å². The Hall–Kier alpha value is -0.570. The highest BCUT2D eigenvalue weighted by atomic mass is 16.1. The summed E-state index contributed by atoms with van der Waals surface area (Å²) in [6.45, 7) is 8.37. The Morgan fingerprint density at radius 1 is 1.33 bits per heavy atom. The van der Waals surface area contributed by atoms with E-state index in [1.807, 2.05) is 6.92 Å². The topological polar surface area (TPSA) is 55.1 Å². The van der Waals surface area contributed by atoms with Gasteiger partial charge in [-0.15, -0.1) is 0 Å². The lowest BCUT2D eigenvalue weighted by Crippen LogP contribution is -2.51. The molecule has 0 bridgehead atoms. The Labute approximate surface area is 93.8 Å². The summed E-state index contributed by atoms with van der Waals surface area (Å²) in [6, 6.07) is -0.238. The molecule has 2 atom stereocenters. The molecular weight excluding hydrogens is 188 g/mol. The Balaban J connectivity index is 4.28. The molecule has 0 aromatic rings. The number of carbonyl (C=O) groups is 1. The fraction of sp³-hybridized carbons (Fsp3) is 0.917. The smallest absolute Gasteiger partial charge is 0.234 e. The van der Waals surface area contributed by atoms with Gasteiger partial charge in [0.25, 0.3) is 0 Å². The largest absolute Gasteiger partial charge is 0.368 e. The van der Waals surface area contributed by atoms with Crippen molar-refractivity contribution in [1.82, 2.24) is 5.32 Å². The molecule has 2 unspecified atom stereocenters. The lowest BCUT2D eigenvalue weighted by molar-refractivity contribution is -0.120. The van der Waals surface area contributed by atoms with E-state index in [1.54, 1.807) is 0 Å². The Morgan fingerprint density at radius 2 is 1.93 bits per heavy atom. The average molecular weight is 214 g/mol. The minimum atomic E-state index is -0.270. The van der Waals surface area contributed by atoms with Crippen LogP contribution >= 0.6 is 0 Å². The van der Waals surface area contributed by atoms with Gasteiger partial charge in [-0.05, 0) is 26.7 Å². The van der Waals surface area contributed by atoms with E-state index in [-0.39, 0.29) is 17.5 Å². The summed E-state index contributed by atoms with van der Waals surface area (Å²) in [5.74, 6) is -0.270. The number of primary amides is 1. The summed E-state index contributed by atoms with van der Waals surface area (Å²) in [6.07, 6.45) is 5.69. The van der Waals surface area contributed by atoms with Crippen LogP contribution in [0, 0.1) is 0 Å². The van der Waals surface area contributed by atoms with Crippen molar-refractivity contribution in [3.05, 3.63) is 0 Å². The monoisotopic (exact) mass is 214 g/mol. The average Bonchev–Trinajstić information content (AvgIpc) is 2.15. The van der Waals surface area contributed by atoms with Crippen LogP contribution in [0.2, 0.25) is 0 Å². The first kappa shape index (κ1) is 14.4. The van der Waals surface area contributed by atoms with Crippen LogP contribution in [0.4, 0.5) is 0 Å². The zero-order valence-electron chi connectivity index (χ0n) is 10.6. The van der Waals surface area contributed by atoms with Crippen LogP contribution in [0.5, 0.6) is 0 Å². The van der Waals surface area contributed by atoms with Gasteiger partial charge in [-0.25, -0.2) is 0 Å². The first-order valence-corrected chi connectivity index (χ1v) is 6.02. The highest BCUT2D eigenvalue weighted by molar-refractivity contribution is 5.79. The van der Waals surface area contributed by atoms with Crippen LogP contribution in [0.3, 0.4) is 0 Å². The molecule has 0 aliphatic rings. The zero-order valence-corrected chi connectivity index (χ0v) is 10.6. The lowest BCUT2D eigenvalue weighted by atomic mass is 9.89. The molecular formula is C12H26N2O. The Morgan fingerprint density at radius 3 is 2.33 bits per heavy atom. The van der Waals surface area contributed by atoms with Crippen molar-refractivity contribution in [2.24, 2.45) is 5.73 Å². The molecule has 0 aliphatic carbocycles. The minimum absolute atomic E-state index is 0.0548. The number of hydrogen-bond donors (Lipinski definition) is 2. The maximum Gasteiger partial charge on any atom is 0.234 e. The molecule has 0 heterocycles. The quantitative estimate of drug-likeness (QED) is 0.651. The van der Waals surface area contributed by atoms with E-state index in [1.165, 1.54) is 12.8 Å². The van der Waals surface area contributed by atoms with Crippen molar-refractivity contribution >= 4 is 5.91 Å². The predicted molar refractivity (Wildman–Crippen MR) is 64.6 cm³/mol. The molecule has 0 spiro atoms. The van der Waals surface area contributed by atoms with E-state index < -0.39 is 0 Å². The molecule has 0 aromatic heterocycles. The van der Waals surface area contributed by atoms with E-state index in [2.05, 4.69) is 26.1 Å². The van der Waals surface area contributed by atoms with Crippen LogP contribution < -0.4 is 11.1 Å². The third-order valence-electron chi connectivity index (χ3n) is 2.88. The van der Waals surface area contributed by atoms with Gasteiger partial charge in [0.2, 0.25) is 5.91 Å². The fourth-order valence-electron chi connectivity index (χ4n) is 1.98. The molecule has 3 heteroatoms. The summed E-state index contributed by atoms with van der Waals surface area (Å²) in [7, 11) is 0. The molecule has 0 fully saturated rings. The summed E-state index contributed by atoms with van der Waals surface area (Å²) in [4.78, 5) is 11.0. The summed E-state index contributed by atoms with van der Waals surface area (Å²) in [5.41, 5.74) is 5.32. The van der Waals surface area contributed by atoms with Crippen molar-refractivity contribution in [2.75, 3.05) is 0 Å². The van der Waals surface area contributed by atoms with Crippen LogP contribution in [-0.4, -0.2) is 17.5 Å². The Bertz CT molecular complexity index is 194. The van der Waals surface area contributed by atoms with Crippen LogP contribution in [0.1, 0.15) is 59.8 Å². The molecule has 90 valence electrons. The molecule has 0 aliphatic heterocycles. The van der Waals surface area contributed by atoms with Gasteiger partial charge in [-0.3, -0.25) is 4.79 Å². The molecule has 0 saturated carbocycles. The number of hydrogen-bond acceptors (Lipinski definition) is 2. The molecule has 0 radical (unpaired) electrons. The van der Waals surface area contributed by atoms with Gasteiger partial charge in [0, 0.05) is 5.54 Å². The van der Waals surface area contributed by atoms with Gasteiger partial charge in [-0.2, -0.15) is 0 Å².